The highest BCUT2D eigenvalue weighted by molar-refractivity contribution is 5.48. The van der Waals surface area contributed by atoms with Crippen LogP contribution in [0.1, 0.15) is 18.5 Å². The molecule has 0 aliphatic carbocycles. The molecule has 1 rings (SSSR count). The monoisotopic (exact) mass is 269 g/mol. The van der Waals surface area contributed by atoms with Crippen molar-refractivity contribution in [3.63, 3.8) is 0 Å². The lowest BCUT2D eigenvalue weighted by Crippen LogP contribution is -2.35. The molecule has 0 spiro atoms. The highest BCUT2D eigenvalue weighted by atomic mass is 16.6. The van der Waals surface area contributed by atoms with Crippen molar-refractivity contribution < 1.29 is 14.8 Å². The number of phenols is 1. The maximum atomic E-state index is 10.8. The van der Waals surface area contributed by atoms with E-state index in [0.29, 0.717) is 18.7 Å². The Kier molecular flexibility index (Phi) is 5.68. The third-order valence-corrected chi connectivity index (χ3v) is 2.62. The highest BCUT2D eigenvalue weighted by Gasteiger charge is 2.18. The van der Waals surface area contributed by atoms with E-state index in [9.17, 15) is 15.2 Å². The molecule has 1 aromatic carbocycles. The predicted octanol–water partition coefficient (Wildman–Crippen LogP) is 0.925. The van der Waals surface area contributed by atoms with E-state index < -0.39 is 4.92 Å². The first-order valence-electron chi connectivity index (χ1n) is 5.91. The SMILES string of the molecule is COCC(NC[C@@H](C)N)c1ccc(O)c([N+](=O)[O-])c1. The molecule has 0 aromatic heterocycles. The summed E-state index contributed by atoms with van der Waals surface area (Å²) in [6.45, 7) is 2.77. The normalized spacial score (nSPS) is 14.1. The third-order valence-electron chi connectivity index (χ3n) is 2.62. The minimum Gasteiger partial charge on any atom is -0.502 e. The summed E-state index contributed by atoms with van der Waals surface area (Å²) in [6, 6.07) is 4.03. The van der Waals surface area contributed by atoms with Gasteiger partial charge in [0.25, 0.3) is 0 Å². The summed E-state index contributed by atoms with van der Waals surface area (Å²) in [4.78, 5) is 10.2. The summed E-state index contributed by atoms with van der Waals surface area (Å²) in [5, 5.41) is 23.4. The van der Waals surface area contributed by atoms with Gasteiger partial charge in [-0.2, -0.15) is 0 Å². The molecule has 0 heterocycles. The lowest BCUT2D eigenvalue weighted by atomic mass is 10.1. The number of hydrogen-bond acceptors (Lipinski definition) is 6. The zero-order chi connectivity index (χ0) is 14.4. The second-order valence-electron chi connectivity index (χ2n) is 4.40. The maximum Gasteiger partial charge on any atom is 0.311 e. The molecule has 0 fully saturated rings. The molecule has 0 radical (unpaired) electrons. The van der Waals surface area contributed by atoms with Crippen LogP contribution in [0.4, 0.5) is 5.69 Å². The number of nitrogens with zero attached hydrogens (tertiary/aromatic N) is 1. The van der Waals surface area contributed by atoms with Crippen molar-refractivity contribution in [2.75, 3.05) is 20.3 Å². The molecule has 106 valence electrons. The van der Waals surface area contributed by atoms with Crippen molar-refractivity contribution in [1.82, 2.24) is 5.32 Å². The number of nitrogens with one attached hydrogen (secondary N) is 1. The molecule has 0 saturated carbocycles. The highest BCUT2D eigenvalue weighted by Crippen LogP contribution is 2.28. The van der Waals surface area contributed by atoms with Gasteiger partial charge in [0.15, 0.2) is 5.75 Å². The van der Waals surface area contributed by atoms with Crippen molar-refractivity contribution in [2.45, 2.75) is 19.0 Å². The van der Waals surface area contributed by atoms with E-state index in [4.69, 9.17) is 10.5 Å². The number of nitro benzene ring substituents is 1. The van der Waals surface area contributed by atoms with Gasteiger partial charge in [-0.3, -0.25) is 10.1 Å². The standard InChI is InChI=1S/C12H19N3O4/c1-8(13)6-14-10(7-19-2)9-3-4-12(16)11(5-9)15(17)18/h3-5,8,10,14,16H,6-7,13H2,1-2H3/t8-,10?/m1/s1. The van der Waals surface area contributed by atoms with Gasteiger partial charge < -0.3 is 20.9 Å². The largest absolute Gasteiger partial charge is 0.502 e. The summed E-state index contributed by atoms with van der Waals surface area (Å²) in [5.74, 6) is -0.350. The number of methoxy groups -OCH3 is 1. The Labute approximate surface area is 111 Å². The molecule has 2 atom stereocenters. The van der Waals surface area contributed by atoms with Crippen molar-refractivity contribution in [1.29, 1.82) is 0 Å². The number of rotatable bonds is 7. The fourth-order valence-electron chi connectivity index (χ4n) is 1.67. The molecule has 7 nitrogen and oxygen atoms in total. The lowest BCUT2D eigenvalue weighted by Gasteiger charge is -2.19. The van der Waals surface area contributed by atoms with Crippen LogP contribution in [0.15, 0.2) is 18.2 Å². The van der Waals surface area contributed by atoms with Gasteiger partial charge in [-0.25, -0.2) is 0 Å². The van der Waals surface area contributed by atoms with Crippen LogP contribution < -0.4 is 11.1 Å². The quantitative estimate of drug-likeness (QED) is 0.501. The number of nitro groups is 1. The van der Waals surface area contributed by atoms with E-state index in [2.05, 4.69) is 5.32 Å². The minimum atomic E-state index is -0.617. The van der Waals surface area contributed by atoms with Gasteiger partial charge in [0.2, 0.25) is 0 Å². The second-order valence-corrected chi connectivity index (χ2v) is 4.40. The van der Waals surface area contributed by atoms with Crippen LogP contribution in [0.3, 0.4) is 0 Å². The third kappa shape index (κ3) is 4.47. The summed E-state index contributed by atoms with van der Waals surface area (Å²) < 4.78 is 5.09. The summed E-state index contributed by atoms with van der Waals surface area (Å²) >= 11 is 0. The van der Waals surface area contributed by atoms with Crippen LogP contribution in [0.5, 0.6) is 5.75 Å². The molecule has 1 unspecified atom stereocenters. The molecule has 0 bridgehead atoms. The van der Waals surface area contributed by atoms with Gasteiger partial charge in [-0.1, -0.05) is 6.07 Å². The summed E-state index contributed by atoms with van der Waals surface area (Å²) in [6.07, 6.45) is 0. The van der Waals surface area contributed by atoms with E-state index in [1.807, 2.05) is 6.92 Å². The van der Waals surface area contributed by atoms with E-state index in [0.717, 1.165) is 0 Å². The Balaban J connectivity index is 2.95. The minimum absolute atomic E-state index is 0.0357. The van der Waals surface area contributed by atoms with Crippen molar-refractivity contribution >= 4 is 5.69 Å². The summed E-state index contributed by atoms with van der Waals surface area (Å²) in [7, 11) is 1.55. The Morgan fingerprint density at radius 1 is 1.58 bits per heavy atom. The van der Waals surface area contributed by atoms with E-state index in [-0.39, 0.29) is 23.5 Å². The smallest absolute Gasteiger partial charge is 0.311 e. The Bertz CT molecular complexity index is 437. The van der Waals surface area contributed by atoms with Gasteiger partial charge in [-0.05, 0) is 18.6 Å². The molecule has 1 aromatic rings. The first kappa shape index (κ1) is 15.4. The van der Waals surface area contributed by atoms with Crippen LogP contribution in [0, 0.1) is 10.1 Å². The Morgan fingerprint density at radius 3 is 2.79 bits per heavy atom. The fourth-order valence-corrected chi connectivity index (χ4v) is 1.67. The molecule has 4 N–H and O–H groups in total. The zero-order valence-corrected chi connectivity index (χ0v) is 11.0. The van der Waals surface area contributed by atoms with Crippen molar-refractivity contribution in [3.05, 3.63) is 33.9 Å². The first-order chi connectivity index (χ1) is 8.95. The Hall–Kier alpha value is -1.70. The van der Waals surface area contributed by atoms with Gasteiger partial charge in [0, 0.05) is 25.8 Å². The molecular weight excluding hydrogens is 250 g/mol. The van der Waals surface area contributed by atoms with Crippen molar-refractivity contribution in [3.8, 4) is 5.75 Å². The van der Waals surface area contributed by atoms with E-state index in [1.54, 1.807) is 13.2 Å². The predicted molar refractivity (Wildman–Crippen MR) is 71.0 cm³/mol. The molecule has 0 saturated heterocycles. The molecule has 0 aliphatic heterocycles. The molecule has 19 heavy (non-hydrogen) atoms. The number of phenolic OH excluding ortho intramolecular Hbond substituents is 1. The van der Waals surface area contributed by atoms with Crippen LogP contribution >= 0.6 is 0 Å². The summed E-state index contributed by atoms with van der Waals surface area (Å²) in [5.41, 5.74) is 6.02. The first-order valence-corrected chi connectivity index (χ1v) is 5.91. The average Bonchev–Trinajstić information content (AvgIpc) is 2.34. The molecule has 7 heteroatoms. The van der Waals surface area contributed by atoms with E-state index >= 15 is 0 Å². The van der Waals surface area contributed by atoms with Gasteiger partial charge in [0.1, 0.15) is 0 Å². The second kappa shape index (κ2) is 7.03. The topological polar surface area (TPSA) is 111 Å². The van der Waals surface area contributed by atoms with Gasteiger partial charge >= 0.3 is 5.69 Å². The van der Waals surface area contributed by atoms with Crippen LogP contribution in [-0.2, 0) is 4.74 Å². The molecule has 0 aliphatic rings. The number of nitrogens with two attached hydrogens (primary N) is 1. The molecule has 0 amide bonds. The maximum absolute atomic E-state index is 10.8. The average molecular weight is 269 g/mol. The van der Waals surface area contributed by atoms with E-state index in [1.165, 1.54) is 12.1 Å². The number of benzene rings is 1. The number of ether oxygens (including phenoxy) is 1. The van der Waals surface area contributed by atoms with Crippen LogP contribution in [0.2, 0.25) is 0 Å². The van der Waals surface area contributed by atoms with Gasteiger partial charge in [0.05, 0.1) is 17.6 Å². The molecular formula is C12H19N3O4. The lowest BCUT2D eigenvalue weighted by molar-refractivity contribution is -0.385. The van der Waals surface area contributed by atoms with Crippen LogP contribution in [-0.4, -0.2) is 36.3 Å². The zero-order valence-electron chi connectivity index (χ0n) is 11.0. The number of hydrogen-bond donors (Lipinski definition) is 3. The fraction of sp³-hybridized carbons (Fsp3) is 0.500. The van der Waals surface area contributed by atoms with Crippen molar-refractivity contribution in [2.24, 2.45) is 5.73 Å². The van der Waals surface area contributed by atoms with Crippen LogP contribution in [0.25, 0.3) is 0 Å². The number of aromatic hydroxyl groups is 1. The Morgan fingerprint density at radius 2 is 2.26 bits per heavy atom. The van der Waals surface area contributed by atoms with Gasteiger partial charge in [-0.15, -0.1) is 0 Å².